The molecule has 2 fully saturated rings. The number of H-pyrrole nitrogens is 1. The molecule has 1 saturated carbocycles. The molecule has 24 heavy (non-hydrogen) atoms. The Morgan fingerprint density at radius 1 is 1.33 bits per heavy atom. The van der Waals surface area contributed by atoms with E-state index in [2.05, 4.69) is 46.1 Å². The number of carbonyl (C=O) groups excluding carboxylic acids is 1. The number of hydrogen-bond acceptors (Lipinski definition) is 4. The maximum absolute atomic E-state index is 12.3. The summed E-state index contributed by atoms with van der Waals surface area (Å²) in [4.78, 5) is 20.2. The number of fused-ring (bicyclic) bond motifs is 1. The van der Waals surface area contributed by atoms with Gasteiger partial charge in [0, 0.05) is 24.8 Å². The van der Waals surface area contributed by atoms with Crippen LogP contribution in [0.15, 0.2) is 18.2 Å². The van der Waals surface area contributed by atoms with Crippen LogP contribution in [0.5, 0.6) is 0 Å². The second-order valence-corrected chi connectivity index (χ2v) is 7.21. The number of amides is 1. The lowest BCUT2D eigenvalue weighted by Crippen LogP contribution is -2.46. The molecule has 1 aliphatic carbocycles. The standard InChI is InChI=1S/C18H25N5O/c1-10-4-3-5-13-16(10)20-14(19-13)8-9-15(24)21-18-11(2)17(22-23-18)12-6-7-12/h3-5,11-12,17-18,22-23H,6-9H2,1-2H3,(H,19,20)(H,21,24). The molecule has 6 nitrogen and oxygen atoms in total. The first-order chi connectivity index (χ1) is 11.6. The Morgan fingerprint density at radius 2 is 2.17 bits per heavy atom. The molecule has 0 spiro atoms. The highest BCUT2D eigenvalue weighted by molar-refractivity contribution is 5.79. The monoisotopic (exact) mass is 327 g/mol. The van der Waals surface area contributed by atoms with E-state index in [0.717, 1.165) is 28.3 Å². The highest BCUT2D eigenvalue weighted by Crippen LogP contribution is 2.37. The first kappa shape index (κ1) is 15.6. The van der Waals surface area contributed by atoms with E-state index in [1.165, 1.54) is 12.8 Å². The molecular weight excluding hydrogens is 302 g/mol. The topological polar surface area (TPSA) is 81.8 Å². The van der Waals surface area contributed by atoms with Gasteiger partial charge >= 0.3 is 0 Å². The molecule has 4 N–H and O–H groups in total. The zero-order valence-electron chi connectivity index (χ0n) is 14.2. The van der Waals surface area contributed by atoms with Crippen molar-refractivity contribution in [2.75, 3.05) is 0 Å². The van der Waals surface area contributed by atoms with E-state index in [9.17, 15) is 4.79 Å². The molecule has 2 aromatic rings. The SMILES string of the molecule is Cc1cccc2[nH]c(CCC(=O)NC3NNC(C4CC4)C3C)nc12. The van der Waals surface area contributed by atoms with Gasteiger partial charge in [-0.15, -0.1) is 0 Å². The lowest BCUT2D eigenvalue weighted by molar-refractivity contribution is -0.122. The van der Waals surface area contributed by atoms with Gasteiger partial charge in [-0.2, -0.15) is 0 Å². The number of hydrazine groups is 1. The Labute approximate surface area is 141 Å². The summed E-state index contributed by atoms with van der Waals surface area (Å²) in [5, 5.41) is 3.10. The summed E-state index contributed by atoms with van der Waals surface area (Å²) in [6.07, 6.45) is 3.69. The molecule has 1 aliphatic heterocycles. The Morgan fingerprint density at radius 3 is 2.92 bits per heavy atom. The van der Waals surface area contributed by atoms with Crippen LogP contribution in [-0.4, -0.2) is 28.1 Å². The molecule has 128 valence electrons. The van der Waals surface area contributed by atoms with Crippen molar-refractivity contribution in [2.45, 2.75) is 51.7 Å². The van der Waals surface area contributed by atoms with Gasteiger partial charge < -0.3 is 10.3 Å². The van der Waals surface area contributed by atoms with Crippen molar-refractivity contribution in [3.05, 3.63) is 29.6 Å². The molecule has 1 saturated heterocycles. The summed E-state index contributed by atoms with van der Waals surface area (Å²) in [5.74, 6) is 2.12. The van der Waals surface area contributed by atoms with Gasteiger partial charge in [0.25, 0.3) is 0 Å². The predicted octanol–water partition coefficient (Wildman–Crippen LogP) is 1.77. The summed E-state index contributed by atoms with van der Waals surface area (Å²) in [7, 11) is 0. The normalized spacial score (nSPS) is 26.8. The number of imidazole rings is 1. The van der Waals surface area contributed by atoms with E-state index in [1.807, 2.05) is 12.1 Å². The third kappa shape index (κ3) is 3.03. The summed E-state index contributed by atoms with van der Waals surface area (Å²) < 4.78 is 0. The maximum atomic E-state index is 12.3. The third-order valence-electron chi connectivity index (χ3n) is 5.30. The summed E-state index contributed by atoms with van der Waals surface area (Å²) in [5.41, 5.74) is 9.75. The van der Waals surface area contributed by atoms with Crippen LogP contribution < -0.4 is 16.2 Å². The minimum absolute atomic E-state index is 0.0148. The number of aryl methyl sites for hydroxylation is 2. The number of benzene rings is 1. The van der Waals surface area contributed by atoms with E-state index >= 15 is 0 Å². The quantitative estimate of drug-likeness (QED) is 0.675. The van der Waals surface area contributed by atoms with Gasteiger partial charge in [0.15, 0.2) is 0 Å². The number of hydrogen-bond donors (Lipinski definition) is 4. The molecule has 2 heterocycles. The average Bonchev–Trinajstić information content (AvgIpc) is 3.21. The van der Waals surface area contributed by atoms with Gasteiger partial charge in [-0.3, -0.25) is 10.2 Å². The Balaban J connectivity index is 1.32. The van der Waals surface area contributed by atoms with Gasteiger partial charge in [0.1, 0.15) is 5.82 Å². The second kappa shape index (κ2) is 6.18. The molecule has 0 bridgehead atoms. The van der Waals surface area contributed by atoms with Crippen LogP contribution in [0.25, 0.3) is 11.0 Å². The molecule has 3 unspecified atom stereocenters. The molecule has 1 amide bonds. The van der Waals surface area contributed by atoms with E-state index in [4.69, 9.17) is 0 Å². The lowest BCUT2D eigenvalue weighted by atomic mass is 9.97. The minimum Gasteiger partial charge on any atom is -0.342 e. The number of aromatic amines is 1. The van der Waals surface area contributed by atoms with E-state index in [0.29, 0.717) is 24.8 Å². The molecule has 0 radical (unpaired) electrons. The average molecular weight is 327 g/mol. The summed E-state index contributed by atoms with van der Waals surface area (Å²) >= 11 is 0. The smallest absolute Gasteiger partial charge is 0.221 e. The second-order valence-electron chi connectivity index (χ2n) is 7.21. The van der Waals surface area contributed by atoms with Crippen molar-refractivity contribution < 1.29 is 4.79 Å². The fourth-order valence-electron chi connectivity index (χ4n) is 3.65. The molecule has 1 aromatic carbocycles. The molecular formula is C18H25N5O. The van der Waals surface area contributed by atoms with Crippen LogP contribution in [-0.2, 0) is 11.2 Å². The zero-order valence-corrected chi connectivity index (χ0v) is 14.2. The largest absolute Gasteiger partial charge is 0.342 e. The molecule has 1 aromatic heterocycles. The van der Waals surface area contributed by atoms with Crippen molar-refractivity contribution in [2.24, 2.45) is 11.8 Å². The zero-order chi connectivity index (χ0) is 16.7. The first-order valence-corrected chi connectivity index (χ1v) is 8.86. The van der Waals surface area contributed by atoms with Crippen molar-refractivity contribution in [1.82, 2.24) is 26.1 Å². The van der Waals surface area contributed by atoms with Crippen LogP contribution in [0.3, 0.4) is 0 Å². The van der Waals surface area contributed by atoms with Gasteiger partial charge in [-0.1, -0.05) is 19.1 Å². The van der Waals surface area contributed by atoms with Crippen LogP contribution in [0.2, 0.25) is 0 Å². The number of rotatable bonds is 5. The first-order valence-electron chi connectivity index (χ1n) is 8.86. The van der Waals surface area contributed by atoms with Gasteiger partial charge in [0.05, 0.1) is 17.2 Å². The van der Waals surface area contributed by atoms with E-state index < -0.39 is 0 Å². The fraction of sp³-hybridized carbons (Fsp3) is 0.556. The molecule has 4 rings (SSSR count). The lowest BCUT2D eigenvalue weighted by Gasteiger charge is -2.19. The highest BCUT2D eigenvalue weighted by Gasteiger charge is 2.42. The molecule has 3 atom stereocenters. The van der Waals surface area contributed by atoms with Crippen LogP contribution in [0, 0.1) is 18.8 Å². The van der Waals surface area contributed by atoms with Crippen molar-refractivity contribution in [3.63, 3.8) is 0 Å². The number of para-hydroxylation sites is 1. The van der Waals surface area contributed by atoms with Crippen LogP contribution >= 0.6 is 0 Å². The highest BCUT2D eigenvalue weighted by atomic mass is 16.1. The van der Waals surface area contributed by atoms with E-state index in [1.54, 1.807) is 0 Å². The number of carbonyl (C=O) groups is 1. The molecule has 2 aliphatic rings. The Bertz CT molecular complexity index is 751. The van der Waals surface area contributed by atoms with Crippen LogP contribution in [0.1, 0.15) is 37.6 Å². The minimum atomic E-state index is 0.0148. The Hall–Kier alpha value is -1.92. The fourth-order valence-corrected chi connectivity index (χ4v) is 3.65. The Kier molecular flexibility index (Phi) is 4.02. The third-order valence-corrected chi connectivity index (χ3v) is 5.30. The van der Waals surface area contributed by atoms with Gasteiger partial charge in [-0.25, -0.2) is 10.4 Å². The molecule has 6 heteroatoms. The maximum Gasteiger partial charge on any atom is 0.221 e. The number of nitrogens with one attached hydrogen (secondary N) is 4. The summed E-state index contributed by atoms with van der Waals surface area (Å²) in [6.45, 7) is 4.25. The predicted molar refractivity (Wildman–Crippen MR) is 93.0 cm³/mol. The number of nitrogens with zero attached hydrogens (tertiary/aromatic N) is 1. The van der Waals surface area contributed by atoms with E-state index in [-0.39, 0.29) is 12.1 Å². The van der Waals surface area contributed by atoms with Crippen molar-refractivity contribution >= 4 is 16.9 Å². The van der Waals surface area contributed by atoms with Crippen LogP contribution in [0.4, 0.5) is 0 Å². The summed E-state index contributed by atoms with van der Waals surface area (Å²) in [6, 6.07) is 6.57. The van der Waals surface area contributed by atoms with Crippen molar-refractivity contribution in [3.8, 4) is 0 Å². The van der Waals surface area contributed by atoms with Crippen molar-refractivity contribution in [1.29, 1.82) is 0 Å². The van der Waals surface area contributed by atoms with Gasteiger partial charge in [-0.05, 0) is 37.3 Å². The number of aromatic nitrogens is 2. The van der Waals surface area contributed by atoms with Gasteiger partial charge in [0.2, 0.25) is 5.91 Å².